The van der Waals surface area contributed by atoms with Gasteiger partial charge in [-0.3, -0.25) is 4.79 Å². The number of pyridine rings is 1. The van der Waals surface area contributed by atoms with E-state index in [1.54, 1.807) is 19.2 Å². The van der Waals surface area contributed by atoms with E-state index >= 15 is 0 Å². The highest BCUT2D eigenvalue weighted by Crippen LogP contribution is 2.27. The molecule has 9 heteroatoms. The fraction of sp³-hybridized carbons (Fsp3) is 0.500. The highest BCUT2D eigenvalue weighted by atomic mass is 32.2. The summed E-state index contributed by atoms with van der Waals surface area (Å²) in [5.41, 5.74) is 5.64. The minimum absolute atomic E-state index is 0.0124. The summed E-state index contributed by atoms with van der Waals surface area (Å²) in [4.78, 5) is 16.3. The summed E-state index contributed by atoms with van der Waals surface area (Å²) in [7, 11) is -1.97. The predicted octanol–water partition coefficient (Wildman–Crippen LogP) is 2.45. The largest absolute Gasteiger partial charge is 0.401 e. The molecule has 1 aliphatic carbocycles. The van der Waals surface area contributed by atoms with E-state index in [1.165, 1.54) is 23.5 Å². The first-order valence-corrected chi connectivity index (χ1v) is 11.2. The Labute approximate surface area is 164 Å². The van der Waals surface area contributed by atoms with E-state index in [1.807, 2.05) is 0 Å². The van der Waals surface area contributed by atoms with E-state index in [2.05, 4.69) is 4.98 Å². The van der Waals surface area contributed by atoms with Gasteiger partial charge in [0.2, 0.25) is 10.0 Å². The Hall–Kier alpha value is -1.89. The SMILES string of the molecule is C/C(N)=C(/C#N)C(=O)CSc1ccc(S(=O)(=O)N(C)C2CCCCC2)cn1. The first kappa shape index (κ1) is 21.4. The summed E-state index contributed by atoms with van der Waals surface area (Å²) in [5, 5.41) is 9.45. The second kappa shape index (κ2) is 9.35. The van der Waals surface area contributed by atoms with E-state index in [0.717, 1.165) is 43.9 Å². The molecule has 1 aromatic heterocycles. The summed E-state index contributed by atoms with van der Waals surface area (Å²) in [6, 6.07) is 4.91. The predicted molar refractivity (Wildman–Crippen MR) is 104 cm³/mol. The van der Waals surface area contributed by atoms with Crippen LogP contribution in [0.15, 0.2) is 39.5 Å². The van der Waals surface area contributed by atoms with Crippen molar-refractivity contribution < 1.29 is 13.2 Å². The number of hydrogen-bond acceptors (Lipinski definition) is 7. The highest BCUT2D eigenvalue weighted by molar-refractivity contribution is 7.99. The molecule has 1 fully saturated rings. The molecule has 1 aliphatic rings. The van der Waals surface area contributed by atoms with E-state index in [9.17, 15) is 13.2 Å². The second-order valence-corrected chi connectivity index (χ2v) is 9.52. The number of rotatable bonds is 7. The molecule has 0 saturated heterocycles. The van der Waals surface area contributed by atoms with Gasteiger partial charge in [-0.2, -0.15) is 9.57 Å². The number of sulfonamides is 1. The molecule has 2 N–H and O–H groups in total. The van der Waals surface area contributed by atoms with Gasteiger partial charge in [-0.1, -0.05) is 31.0 Å². The van der Waals surface area contributed by atoms with Crippen LogP contribution in [0, 0.1) is 11.3 Å². The van der Waals surface area contributed by atoms with Crippen molar-refractivity contribution in [2.24, 2.45) is 5.73 Å². The van der Waals surface area contributed by atoms with Crippen molar-refractivity contribution in [3.05, 3.63) is 29.6 Å². The number of carbonyl (C=O) groups excluding carboxylic acids is 1. The normalized spacial score (nSPS) is 16.7. The van der Waals surface area contributed by atoms with Gasteiger partial charge >= 0.3 is 0 Å². The Morgan fingerprint density at radius 2 is 2.04 bits per heavy atom. The minimum Gasteiger partial charge on any atom is -0.401 e. The van der Waals surface area contributed by atoms with Gasteiger partial charge in [-0.05, 0) is 31.9 Å². The first-order valence-electron chi connectivity index (χ1n) is 8.74. The van der Waals surface area contributed by atoms with Gasteiger partial charge in [0, 0.05) is 25.0 Å². The van der Waals surface area contributed by atoms with Crippen LogP contribution in [0.5, 0.6) is 0 Å². The zero-order valence-corrected chi connectivity index (χ0v) is 17.1. The van der Waals surface area contributed by atoms with Crippen LogP contribution in [0.3, 0.4) is 0 Å². The number of nitrogens with two attached hydrogens (primary N) is 1. The second-order valence-electron chi connectivity index (χ2n) is 6.53. The molecule has 7 nitrogen and oxygen atoms in total. The fourth-order valence-electron chi connectivity index (χ4n) is 2.99. The van der Waals surface area contributed by atoms with E-state index in [-0.39, 0.29) is 33.7 Å². The van der Waals surface area contributed by atoms with Crippen molar-refractivity contribution in [2.75, 3.05) is 12.8 Å². The van der Waals surface area contributed by atoms with E-state index < -0.39 is 10.0 Å². The molecule has 0 radical (unpaired) electrons. The van der Waals surface area contributed by atoms with Crippen LogP contribution in [0.25, 0.3) is 0 Å². The molecule has 0 amide bonds. The molecule has 1 saturated carbocycles. The molecule has 1 aromatic rings. The summed E-state index contributed by atoms with van der Waals surface area (Å²) in [6.45, 7) is 1.50. The summed E-state index contributed by atoms with van der Waals surface area (Å²) >= 11 is 1.14. The minimum atomic E-state index is -3.59. The van der Waals surface area contributed by atoms with Gasteiger partial charge in [-0.25, -0.2) is 13.4 Å². The fourth-order valence-corrected chi connectivity index (χ4v) is 5.07. The van der Waals surface area contributed by atoms with Crippen molar-refractivity contribution in [1.29, 1.82) is 5.26 Å². The Morgan fingerprint density at radius 3 is 2.56 bits per heavy atom. The van der Waals surface area contributed by atoms with Crippen molar-refractivity contribution in [1.82, 2.24) is 9.29 Å². The smallest absolute Gasteiger partial charge is 0.244 e. The average Bonchev–Trinajstić information content (AvgIpc) is 2.67. The molecule has 0 unspecified atom stereocenters. The summed E-state index contributed by atoms with van der Waals surface area (Å²) < 4.78 is 27.0. The Balaban J connectivity index is 2.05. The molecule has 0 spiro atoms. The van der Waals surface area contributed by atoms with Crippen LogP contribution in [0.2, 0.25) is 0 Å². The topological polar surface area (TPSA) is 117 Å². The third kappa shape index (κ3) is 5.31. The van der Waals surface area contributed by atoms with E-state index in [4.69, 9.17) is 11.0 Å². The number of nitrogens with zero attached hydrogens (tertiary/aromatic N) is 3. The van der Waals surface area contributed by atoms with E-state index in [0.29, 0.717) is 5.03 Å². The molecular weight excluding hydrogens is 384 g/mol. The average molecular weight is 409 g/mol. The molecule has 0 atom stereocenters. The number of carbonyl (C=O) groups is 1. The zero-order valence-electron chi connectivity index (χ0n) is 15.5. The first-order chi connectivity index (χ1) is 12.8. The molecule has 0 aliphatic heterocycles. The number of thioether (sulfide) groups is 1. The lowest BCUT2D eigenvalue weighted by Crippen LogP contribution is -2.38. The van der Waals surface area contributed by atoms with Gasteiger partial charge < -0.3 is 5.73 Å². The molecular formula is C18H24N4O3S2. The number of ketones is 1. The number of Topliss-reactive ketones (excluding diaryl/α,β-unsaturated/α-hetero) is 1. The lowest BCUT2D eigenvalue weighted by Gasteiger charge is -2.30. The summed E-state index contributed by atoms with van der Waals surface area (Å²) in [6.07, 6.45) is 6.34. The third-order valence-electron chi connectivity index (χ3n) is 4.61. The Morgan fingerprint density at radius 1 is 1.37 bits per heavy atom. The van der Waals surface area contributed by atoms with Crippen LogP contribution in [0.1, 0.15) is 39.0 Å². The zero-order chi connectivity index (χ0) is 20.0. The van der Waals surface area contributed by atoms with Gasteiger partial charge in [0.15, 0.2) is 5.78 Å². The van der Waals surface area contributed by atoms with Crippen molar-refractivity contribution in [3.8, 4) is 6.07 Å². The lowest BCUT2D eigenvalue weighted by molar-refractivity contribution is -0.112. The number of allylic oxidation sites excluding steroid dienone is 2. The molecule has 1 heterocycles. The van der Waals surface area contributed by atoms with Crippen LogP contribution >= 0.6 is 11.8 Å². The van der Waals surface area contributed by atoms with Gasteiger partial charge in [-0.15, -0.1) is 0 Å². The van der Waals surface area contributed by atoms with Gasteiger partial charge in [0.25, 0.3) is 0 Å². The number of hydrogen-bond donors (Lipinski definition) is 1. The molecule has 0 bridgehead atoms. The maximum Gasteiger partial charge on any atom is 0.244 e. The van der Waals surface area contributed by atoms with Crippen molar-refractivity contribution >= 4 is 27.6 Å². The third-order valence-corrected chi connectivity index (χ3v) is 7.45. The Bertz CT molecular complexity index is 848. The van der Waals surface area contributed by atoms with Crippen molar-refractivity contribution in [3.63, 3.8) is 0 Å². The number of aromatic nitrogens is 1. The maximum atomic E-state index is 12.8. The lowest BCUT2D eigenvalue weighted by atomic mass is 9.96. The van der Waals surface area contributed by atoms with Gasteiger partial charge in [0.05, 0.1) is 10.8 Å². The van der Waals surface area contributed by atoms with Crippen LogP contribution in [-0.4, -0.2) is 42.3 Å². The standard InChI is InChI=1S/C18H24N4O3S2/c1-13(20)16(10-19)17(23)12-26-18-9-8-15(11-21-18)27(24,25)22(2)14-6-4-3-5-7-14/h8-9,11,14H,3-7,12,20H2,1-2H3/b16-13+. The Kier molecular flexibility index (Phi) is 7.41. The highest BCUT2D eigenvalue weighted by Gasteiger charge is 2.29. The van der Waals surface area contributed by atoms with Gasteiger partial charge in [0.1, 0.15) is 16.5 Å². The van der Waals surface area contributed by atoms with Crippen molar-refractivity contribution in [2.45, 2.75) is 55.0 Å². The molecule has 0 aromatic carbocycles. The molecule has 146 valence electrons. The van der Waals surface area contributed by atoms with Crippen LogP contribution in [-0.2, 0) is 14.8 Å². The monoisotopic (exact) mass is 408 g/mol. The quantitative estimate of drug-likeness (QED) is 0.418. The molecule has 2 rings (SSSR count). The van der Waals surface area contributed by atoms with Crippen LogP contribution in [0.4, 0.5) is 0 Å². The summed E-state index contributed by atoms with van der Waals surface area (Å²) in [5.74, 6) is -0.364. The van der Waals surface area contributed by atoms with Crippen LogP contribution < -0.4 is 5.73 Å². The number of nitriles is 1. The molecule has 27 heavy (non-hydrogen) atoms. The maximum absolute atomic E-state index is 12.8.